The van der Waals surface area contributed by atoms with E-state index >= 15 is 0 Å². The molecule has 3 N–H and O–H groups in total. The third-order valence-corrected chi connectivity index (χ3v) is 5.85. The van der Waals surface area contributed by atoms with Gasteiger partial charge >= 0.3 is 0 Å². The van der Waals surface area contributed by atoms with Gasteiger partial charge in [-0.3, -0.25) is 5.10 Å². The number of aromatic amines is 1. The van der Waals surface area contributed by atoms with Gasteiger partial charge in [0.25, 0.3) is 0 Å². The highest BCUT2D eigenvalue weighted by Gasteiger charge is 2.25. The molecular weight excluding hydrogens is 396 g/mol. The molecule has 0 unspecified atom stereocenters. The number of fused-ring (bicyclic) bond motifs is 1. The van der Waals surface area contributed by atoms with Crippen molar-refractivity contribution in [2.45, 2.75) is 13.8 Å². The minimum absolute atomic E-state index is 0.591. The number of rotatable bonds is 7. The number of benzene rings is 2. The Bertz CT molecular complexity index is 1080. The van der Waals surface area contributed by atoms with Crippen LogP contribution in [0.15, 0.2) is 53.7 Å². The van der Waals surface area contributed by atoms with E-state index in [0.717, 1.165) is 59.6 Å². The fraction of sp³-hybridized carbons (Fsp3) is 0.304. The number of aromatic nitrogens is 2. The minimum Gasteiger partial charge on any atom is -0.386 e. The van der Waals surface area contributed by atoms with E-state index in [1.54, 1.807) is 6.20 Å². The van der Waals surface area contributed by atoms with E-state index < -0.39 is 0 Å². The van der Waals surface area contributed by atoms with Crippen molar-refractivity contribution < 1.29 is 0 Å². The van der Waals surface area contributed by atoms with Crippen LogP contribution in [-0.4, -0.2) is 58.6 Å². The summed E-state index contributed by atoms with van der Waals surface area (Å²) in [5.74, 6) is 0.618. The zero-order chi connectivity index (χ0) is 21.1. The second-order valence-electron chi connectivity index (χ2n) is 7.41. The van der Waals surface area contributed by atoms with Crippen molar-refractivity contribution in [3.8, 4) is 0 Å². The van der Waals surface area contributed by atoms with Crippen LogP contribution in [0.25, 0.3) is 22.3 Å². The Labute approximate surface area is 182 Å². The number of hydrogen-bond acceptors (Lipinski definition) is 5. The largest absolute Gasteiger partial charge is 0.386 e. The van der Waals surface area contributed by atoms with E-state index in [4.69, 9.17) is 22.3 Å². The van der Waals surface area contributed by atoms with Crippen LogP contribution in [-0.2, 0) is 0 Å². The first-order valence-electron chi connectivity index (χ1n) is 10.3. The molecule has 7 heteroatoms. The molecule has 6 nitrogen and oxygen atoms in total. The highest BCUT2D eigenvalue weighted by Crippen LogP contribution is 2.36. The van der Waals surface area contributed by atoms with E-state index in [-0.39, 0.29) is 0 Å². The second kappa shape index (κ2) is 8.90. The Balaban J connectivity index is 1.85. The molecule has 2 aromatic carbocycles. The van der Waals surface area contributed by atoms with Crippen LogP contribution in [0.5, 0.6) is 0 Å². The van der Waals surface area contributed by atoms with E-state index in [0.29, 0.717) is 17.4 Å². The fourth-order valence-corrected chi connectivity index (χ4v) is 4.19. The molecule has 30 heavy (non-hydrogen) atoms. The van der Waals surface area contributed by atoms with Crippen LogP contribution >= 0.6 is 11.6 Å². The zero-order valence-corrected chi connectivity index (χ0v) is 18.2. The monoisotopic (exact) mass is 422 g/mol. The van der Waals surface area contributed by atoms with Gasteiger partial charge in [-0.25, -0.2) is 4.99 Å². The number of aliphatic imine (C=N–C) groups is 1. The standard InChI is InChI=1S/C23H27ClN6/c1-3-29(4-2)10-11-30-15-20(25)27-22(16-8-6-5-7-9-16)23(30)17-12-18-14-26-28-21(18)19(24)13-17/h5-9,12-14H,3-4,10-11,15H2,1-2H3,(H2,25,27)(H,26,28). The maximum Gasteiger partial charge on any atom is 0.119 e. The van der Waals surface area contributed by atoms with Crippen LogP contribution in [0, 0.1) is 0 Å². The van der Waals surface area contributed by atoms with E-state index in [1.807, 2.05) is 24.3 Å². The van der Waals surface area contributed by atoms with Gasteiger partial charge in [-0.05, 0) is 25.2 Å². The highest BCUT2D eigenvalue weighted by molar-refractivity contribution is 6.35. The van der Waals surface area contributed by atoms with Gasteiger partial charge in [-0.15, -0.1) is 0 Å². The second-order valence-corrected chi connectivity index (χ2v) is 7.81. The van der Waals surface area contributed by atoms with Crippen LogP contribution in [0.1, 0.15) is 25.0 Å². The van der Waals surface area contributed by atoms with Crippen molar-refractivity contribution in [2.24, 2.45) is 10.7 Å². The molecule has 0 spiro atoms. The summed E-state index contributed by atoms with van der Waals surface area (Å²) in [6, 6.07) is 14.3. The molecule has 3 aromatic rings. The van der Waals surface area contributed by atoms with Crippen molar-refractivity contribution >= 4 is 39.7 Å². The first kappa shape index (κ1) is 20.4. The summed E-state index contributed by atoms with van der Waals surface area (Å²) in [6.45, 7) is 8.81. The molecule has 1 aliphatic heterocycles. The van der Waals surface area contributed by atoms with E-state index in [1.165, 1.54) is 0 Å². The molecule has 0 bridgehead atoms. The summed E-state index contributed by atoms with van der Waals surface area (Å²) in [7, 11) is 0. The first-order chi connectivity index (χ1) is 14.6. The number of H-pyrrole nitrogens is 1. The van der Waals surface area contributed by atoms with E-state index in [9.17, 15) is 0 Å². The minimum atomic E-state index is 0.591. The highest BCUT2D eigenvalue weighted by atomic mass is 35.5. The maximum absolute atomic E-state index is 6.58. The van der Waals surface area contributed by atoms with Gasteiger partial charge in [0, 0.05) is 29.6 Å². The lowest BCUT2D eigenvalue weighted by atomic mass is 10.0. The number of amidine groups is 1. The van der Waals surface area contributed by atoms with Gasteiger partial charge in [0.1, 0.15) is 5.84 Å². The Morgan fingerprint density at radius 1 is 1.13 bits per heavy atom. The first-order valence-corrected chi connectivity index (χ1v) is 10.7. The predicted octanol–water partition coefficient (Wildman–Crippen LogP) is 4.06. The number of nitrogens with one attached hydrogen (secondary N) is 1. The Morgan fingerprint density at radius 3 is 2.63 bits per heavy atom. The number of halogens is 1. The van der Waals surface area contributed by atoms with Gasteiger partial charge < -0.3 is 15.5 Å². The summed E-state index contributed by atoms with van der Waals surface area (Å²) in [4.78, 5) is 9.51. The number of nitrogens with zero attached hydrogens (tertiary/aromatic N) is 4. The normalized spacial score (nSPS) is 14.7. The van der Waals surface area contributed by atoms with E-state index in [2.05, 4.69) is 52.0 Å². The molecule has 0 radical (unpaired) electrons. The summed E-state index contributed by atoms with van der Waals surface area (Å²) in [6.07, 6.45) is 1.80. The zero-order valence-electron chi connectivity index (χ0n) is 17.4. The summed E-state index contributed by atoms with van der Waals surface area (Å²) >= 11 is 6.58. The van der Waals surface area contributed by atoms with Crippen molar-refractivity contribution in [3.05, 3.63) is 64.8 Å². The lowest BCUT2D eigenvalue weighted by molar-refractivity contribution is 0.271. The number of nitrogens with two attached hydrogens (primary N) is 1. The Kier molecular flexibility index (Phi) is 6.06. The molecular formula is C23H27ClN6. The summed E-state index contributed by atoms with van der Waals surface area (Å²) in [5, 5.41) is 8.73. The third kappa shape index (κ3) is 4.06. The van der Waals surface area contributed by atoms with Gasteiger partial charge in [0.15, 0.2) is 0 Å². The van der Waals surface area contributed by atoms with Crippen molar-refractivity contribution in [2.75, 3.05) is 32.7 Å². The lowest BCUT2D eigenvalue weighted by Crippen LogP contribution is -2.41. The molecule has 0 fully saturated rings. The van der Waals surface area contributed by atoms with Crippen molar-refractivity contribution in [1.82, 2.24) is 20.0 Å². The summed E-state index contributed by atoms with van der Waals surface area (Å²) < 4.78 is 0. The van der Waals surface area contributed by atoms with Gasteiger partial charge in [-0.1, -0.05) is 55.8 Å². The SMILES string of the molecule is CCN(CC)CCN1CC(N)=NC(c2ccccc2)=C1c1cc(Cl)c2[nH]ncc2c1. The molecule has 0 aliphatic carbocycles. The Morgan fingerprint density at radius 2 is 1.90 bits per heavy atom. The summed E-state index contributed by atoms with van der Waals surface area (Å²) in [5.41, 5.74) is 11.1. The predicted molar refractivity (Wildman–Crippen MR) is 125 cm³/mol. The third-order valence-electron chi connectivity index (χ3n) is 5.55. The molecule has 156 valence electrons. The average Bonchev–Trinajstić information content (AvgIpc) is 3.24. The molecule has 0 atom stereocenters. The van der Waals surface area contributed by atoms with Crippen LogP contribution in [0.4, 0.5) is 0 Å². The topological polar surface area (TPSA) is 73.5 Å². The molecule has 1 aromatic heterocycles. The maximum atomic E-state index is 6.58. The molecule has 0 amide bonds. The van der Waals surface area contributed by atoms with Gasteiger partial charge in [0.2, 0.25) is 0 Å². The van der Waals surface area contributed by atoms with Crippen molar-refractivity contribution in [1.29, 1.82) is 0 Å². The van der Waals surface area contributed by atoms with Crippen LogP contribution < -0.4 is 5.73 Å². The molecule has 2 heterocycles. The van der Waals surface area contributed by atoms with Crippen LogP contribution in [0.3, 0.4) is 0 Å². The number of hydrogen-bond donors (Lipinski definition) is 2. The van der Waals surface area contributed by atoms with Gasteiger partial charge in [-0.2, -0.15) is 5.10 Å². The molecule has 4 rings (SSSR count). The average molecular weight is 423 g/mol. The Hall–Kier alpha value is -2.83. The molecule has 1 aliphatic rings. The van der Waals surface area contributed by atoms with Crippen LogP contribution in [0.2, 0.25) is 5.02 Å². The molecule has 0 saturated heterocycles. The number of likely N-dealkylation sites (N-methyl/N-ethyl adjacent to an activating group) is 1. The van der Waals surface area contributed by atoms with Crippen molar-refractivity contribution in [3.63, 3.8) is 0 Å². The lowest BCUT2D eigenvalue weighted by Gasteiger charge is -2.34. The molecule has 0 saturated carbocycles. The quantitative estimate of drug-likeness (QED) is 0.602. The fourth-order valence-electron chi connectivity index (χ4n) is 3.92. The van der Waals surface area contributed by atoms with Gasteiger partial charge in [0.05, 0.1) is 34.7 Å². The smallest absolute Gasteiger partial charge is 0.119 e.